The lowest BCUT2D eigenvalue weighted by atomic mass is 9.77. The summed E-state index contributed by atoms with van der Waals surface area (Å²) in [5, 5.41) is 0. The van der Waals surface area contributed by atoms with E-state index >= 15 is 0 Å². The van der Waals surface area contributed by atoms with Crippen molar-refractivity contribution in [3.05, 3.63) is 48.0 Å². The molecule has 7 nitrogen and oxygen atoms in total. The molecule has 0 spiro atoms. The van der Waals surface area contributed by atoms with Crippen LogP contribution in [0.1, 0.15) is 70.1 Å². The Morgan fingerprint density at radius 2 is 1.77 bits per heavy atom. The van der Waals surface area contributed by atoms with E-state index in [1.807, 2.05) is 31.7 Å². The van der Waals surface area contributed by atoms with E-state index in [0.29, 0.717) is 17.2 Å². The summed E-state index contributed by atoms with van der Waals surface area (Å²) in [7, 11) is 0. The predicted molar refractivity (Wildman–Crippen MR) is 123 cm³/mol. The first-order valence-electron chi connectivity index (χ1n) is 11.9. The van der Waals surface area contributed by atoms with Gasteiger partial charge in [0.05, 0.1) is 11.8 Å². The van der Waals surface area contributed by atoms with E-state index in [4.69, 9.17) is 9.72 Å². The molecule has 0 N–H and O–H groups in total. The normalized spacial score (nSPS) is 22.9. The van der Waals surface area contributed by atoms with Gasteiger partial charge in [0.15, 0.2) is 5.82 Å². The predicted octanol–water partition coefficient (Wildman–Crippen LogP) is 5.85. The van der Waals surface area contributed by atoms with Gasteiger partial charge in [-0.1, -0.05) is 0 Å². The van der Waals surface area contributed by atoms with Crippen LogP contribution in [0.5, 0.6) is 0 Å². The summed E-state index contributed by atoms with van der Waals surface area (Å²) >= 11 is 0. The molecule has 2 fully saturated rings. The summed E-state index contributed by atoms with van der Waals surface area (Å²) in [4.78, 5) is 28.1. The van der Waals surface area contributed by atoms with E-state index in [1.54, 1.807) is 6.20 Å². The summed E-state index contributed by atoms with van der Waals surface area (Å²) in [5.74, 6) is 0.449. The number of carbonyl (C=O) groups is 1. The highest BCUT2D eigenvalue weighted by molar-refractivity contribution is 5.69. The SMILES string of the molecule is CC(C)(C)OC(=O)N1C2CCCC1CC(c1ccnc(-c3cnc4ccc(C(F)(F)F)cn34)n1)C2. The van der Waals surface area contributed by atoms with Gasteiger partial charge in [0.2, 0.25) is 0 Å². The van der Waals surface area contributed by atoms with Gasteiger partial charge in [0.1, 0.15) is 16.9 Å². The molecule has 0 aliphatic carbocycles. The van der Waals surface area contributed by atoms with E-state index in [2.05, 4.69) is 9.97 Å². The molecule has 2 aliphatic rings. The molecule has 2 aliphatic heterocycles. The zero-order valence-electron chi connectivity index (χ0n) is 19.9. The Morgan fingerprint density at radius 1 is 1.06 bits per heavy atom. The summed E-state index contributed by atoms with van der Waals surface area (Å²) in [6, 6.07) is 4.36. The van der Waals surface area contributed by atoms with Crippen molar-refractivity contribution >= 4 is 11.7 Å². The Kier molecular flexibility index (Phi) is 5.72. The van der Waals surface area contributed by atoms with Crippen molar-refractivity contribution in [2.45, 2.75) is 82.7 Å². The molecule has 0 aromatic carbocycles. The van der Waals surface area contributed by atoms with E-state index in [-0.39, 0.29) is 24.1 Å². The van der Waals surface area contributed by atoms with Gasteiger partial charge in [-0.3, -0.25) is 4.40 Å². The first-order valence-corrected chi connectivity index (χ1v) is 11.9. The zero-order valence-corrected chi connectivity index (χ0v) is 19.9. The first-order chi connectivity index (χ1) is 16.5. The topological polar surface area (TPSA) is 72.6 Å². The summed E-state index contributed by atoms with van der Waals surface area (Å²) in [5.41, 5.74) is 0.311. The number of hydrogen-bond donors (Lipinski definition) is 0. The number of amides is 1. The van der Waals surface area contributed by atoms with Crippen LogP contribution in [0.3, 0.4) is 0 Å². The third-order valence-electron chi connectivity index (χ3n) is 6.74. The molecule has 3 aromatic heterocycles. The standard InChI is InChI=1S/C25H28F3N5O2/c1-24(2,3)35-23(34)33-17-5-4-6-18(33)12-15(11-17)19-9-10-29-22(31-19)20-13-30-21-8-7-16(14-32(20)21)25(26,27)28/h7-10,13-15,17-18H,4-6,11-12H2,1-3H3. The maximum absolute atomic E-state index is 13.3. The smallest absolute Gasteiger partial charge is 0.417 e. The van der Waals surface area contributed by atoms with Gasteiger partial charge in [0, 0.05) is 36.1 Å². The van der Waals surface area contributed by atoms with Crippen LogP contribution >= 0.6 is 0 Å². The number of piperidine rings is 2. The Balaban J connectivity index is 1.42. The minimum atomic E-state index is -4.46. The van der Waals surface area contributed by atoms with Crippen LogP contribution in [-0.4, -0.2) is 48.0 Å². The van der Waals surface area contributed by atoms with Crippen LogP contribution in [0.25, 0.3) is 17.2 Å². The molecule has 2 atom stereocenters. The van der Waals surface area contributed by atoms with Gasteiger partial charge in [-0.25, -0.2) is 19.7 Å². The molecule has 35 heavy (non-hydrogen) atoms. The Morgan fingerprint density at radius 3 is 2.43 bits per heavy atom. The molecular formula is C25H28F3N5O2. The van der Waals surface area contributed by atoms with Crippen molar-refractivity contribution < 1.29 is 22.7 Å². The summed E-state index contributed by atoms with van der Waals surface area (Å²) in [6.45, 7) is 5.61. The number of alkyl halides is 3. The molecule has 1 amide bonds. The van der Waals surface area contributed by atoms with Crippen LogP contribution in [0.2, 0.25) is 0 Å². The highest BCUT2D eigenvalue weighted by Crippen LogP contribution is 2.42. The molecule has 2 saturated heterocycles. The second-order valence-electron chi connectivity index (χ2n) is 10.4. The molecule has 186 valence electrons. The van der Waals surface area contributed by atoms with Crippen molar-refractivity contribution in [3.63, 3.8) is 0 Å². The fourth-order valence-corrected chi connectivity index (χ4v) is 5.27. The fraction of sp³-hybridized carbons (Fsp3) is 0.520. The van der Waals surface area contributed by atoms with Crippen LogP contribution < -0.4 is 0 Å². The van der Waals surface area contributed by atoms with Crippen molar-refractivity contribution in [2.75, 3.05) is 0 Å². The number of carbonyl (C=O) groups excluding carboxylic acids is 1. The highest BCUT2D eigenvalue weighted by Gasteiger charge is 2.43. The Labute approximate surface area is 201 Å². The fourth-order valence-electron chi connectivity index (χ4n) is 5.27. The Bertz CT molecular complexity index is 1240. The van der Waals surface area contributed by atoms with Crippen molar-refractivity contribution in [1.82, 2.24) is 24.3 Å². The second-order valence-corrected chi connectivity index (χ2v) is 10.4. The van der Waals surface area contributed by atoms with Gasteiger partial charge in [-0.15, -0.1) is 0 Å². The van der Waals surface area contributed by atoms with Crippen LogP contribution in [0.15, 0.2) is 36.8 Å². The second kappa shape index (κ2) is 8.49. The Hall–Kier alpha value is -3.17. The number of hydrogen-bond acceptors (Lipinski definition) is 5. The molecule has 3 aromatic rings. The van der Waals surface area contributed by atoms with Crippen molar-refractivity contribution in [1.29, 1.82) is 0 Å². The minimum absolute atomic E-state index is 0.0749. The molecule has 2 unspecified atom stereocenters. The monoisotopic (exact) mass is 487 g/mol. The lowest BCUT2D eigenvalue weighted by Crippen LogP contribution is -2.55. The average molecular weight is 488 g/mol. The molecule has 2 bridgehead atoms. The van der Waals surface area contributed by atoms with Gasteiger partial charge in [0.25, 0.3) is 0 Å². The van der Waals surface area contributed by atoms with Crippen molar-refractivity contribution in [3.8, 4) is 11.5 Å². The highest BCUT2D eigenvalue weighted by atomic mass is 19.4. The van der Waals surface area contributed by atoms with Crippen LogP contribution in [0, 0.1) is 0 Å². The quantitative estimate of drug-likeness (QED) is 0.454. The van der Waals surface area contributed by atoms with Gasteiger partial charge < -0.3 is 9.64 Å². The van der Waals surface area contributed by atoms with Gasteiger partial charge in [-0.2, -0.15) is 13.2 Å². The average Bonchev–Trinajstić information content (AvgIpc) is 3.20. The largest absolute Gasteiger partial charge is 0.444 e. The van der Waals surface area contributed by atoms with Crippen LogP contribution in [0.4, 0.5) is 18.0 Å². The van der Waals surface area contributed by atoms with Crippen LogP contribution in [-0.2, 0) is 10.9 Å². The lowest BCUT2D eigenvalue weighted by Gasteiger charge is -2.48. The van der Waals surface area contributed by atoms with Gasteiger partial charge >= 0.3 is 12.3 Å². The van der Waals surface area contributed by atoms with E-state index in [0.717, 1.165) is 50.1 Å². The molecule has 0 radical (unpaired) electrons. The van der Waals surface area contributed by atoms with Crippen molar-refractivity contribution in [2.24, 2.45) is 0 Å². The minimum Gasteiger partial charge on any atom is -0.444 e. The lowest BCUT2D eigenvalue weighted by molar-refractivity contribution is -0.137. The maximum atomic E-state index is 13.3. The number of pyridine rings is 1. The number of halogens is 3. The molecule has 10 heteroatoms. The summed E-state index contributed by atoms with van der Waals surface area (Å²) in [6.07, 6.45) is 3.86. The number of ether oxygens (including phenoxy) is 1. The third kappa shape index (κ3) is 4.70. The number of nitrogens with zero attached hydrogens (tertiary/aromatic N) is 5. The zero-order chi connectivity index (χ0) is 25.0. The van der Waals surface area contributed by atoms with E-state index < -0.39 is 17.3 Å². The van der Waals surface area contributed by atoms with E-state index in [9.17, 15) is 18.0 Å². The van der Waals surface area contributed by atoms with Gasteiger partial charge in [-0.05, 0) is 71.1 Å². The number of fused-ring (bicyclic) bond motifs is 3. The number of imidazole rings is 1. The molecule has 5 heterocycles. The third-order valence-corrected chi connectivity index (χ3v) is 6.74. The number of aromatic nitrogens is 4. The summed E-state index contributed by atoms with van der Waals surface area (Å²) < 4.78 is 46.8. The molecular weight excluding hydrogens is 459 g/mol. The molecule has 5 rings (SSSR count). The first kappa shape index (κ1) is 23.6. The maximum Gasteiger partial charge on any atom is 0.417 e. The van der Waals surface area contributed by atoms with E-state index in [1.165, 1.54) is 16.7 Å². The number of rotatable bonds is 2. The molecule has 0 saturated carbocycles.